The van der Waals surface area contributed by atoms with Gasteiger partial charge in [0, 0.05) is 18.4 Å². The van der Waals surface area contributed by atoms with Crippen LogP contribution in [-0.2, 0) is 28.7 Å². The van der Waals surface area contributed by atoms with Crippen LogP contribution in [0.1, 0.15) is 50.5 Å². The van der Waals surface area contributed by atoms with Crippen LogP contribution in [0.2, 0.25) is 5.02 Å². The number of hydrogen-bond donors (Lipinski definition) is 2. The first-order valence-corrected chi connectivity index (χ1v) is 13.8. The maximum absolute atomic E-state index is 13.3. The van der Waals surface area contributed by atoms with Gasteiger partial charge in [-0.05, 0) is 26.0 Å². The molecule has 0 saturated heterocycles. The van der Waals surface area contributed by atoms with Gasteiger partial charge < -0.3 is 10.6 Å². The van der Waals surface area contributed by atoms with Gasteiger partial charge in [-0.2, -0.15) is 31.4 Å². The smallest absolute Gasteiger partial charge is 0.348 e. The van der Waals surface area contributed by atoms with Crippen LogP contribution in [0.3, 0.4) is 0 Å². The van der Waals surface area contributed by atoms with E-state index in [-0.39, 0.29) is 49.9 Å². The summed E-state index contributed by atoms with van der Waals surface area (Å²) in [6.45, 7) is 1.95. The summed E-state index contributed by atoms with van der Waals surface area (Å²) in [5.74, 6) is -2.37. The van der Waals surface area contributed by atoms with E-state index in [2.05, 4.69) is 25.7 Å². The molecule has 0 aliphatic heterocycles. The number of halogens is 7. The molecule has 1 atom stereocenters. The van der Waals surface area contributed by atoms with Crippen molar-refractivity contribution in [2.75, 3.05) is 17.3 Å². The van der Waals surface area contributed by atoms with Crippen molar-refractivity contribution in [3.8, 4) is 0 Å². The van der Waals surface area contributed by atoms with Gasteiger partial charge in [0.15, 0.2) is 5.69 Å². The maximum Gasteiger partial charge on any atom is 0.435 e. The lowest BCUT2D eigenvalue weighted by molar-refractivity contribution is -0.144. The van der Waals surface area contributed by atoms with Crippen molar-refractivity contribution in [3.63, 3.8) is 0 Å². The van der Waals surface area contributed by atoms with Gasteiger partial charge in [-0.1, -0.05) is 17.7 Å². The van der Waals surface area contributed by atoms with E-state index in [1.807, 2.05) is 0 Å². The Kier molecular flexibility index (Phi) is 9.02. The quantitative estimate of drug-likeness (QED) is 0.359. The molecule has 18 heteroatoms. The fraction of sp³-hybridized carbons (Fsp3) is 0.348. The van der Waals surface area contributed by atoms with Crippen LogP contribution in [0.15, 0.2) is 30.5 Å². The van der Waals surface area contributed by atoms with Crippen LogP contribution in [0.25, 0.3) is 0 Å². The van der Waals surface area contributed by atoms with Gasteiger partial charge in [-0.3, -0.25) is 14.3 Å². The zero-order chi connectivity index (χ0) is 30.9. The van der Waals surface area contributed by atoms with Gasteiger partial charge in [0.2, 0.25) is 0 Å². The van der Waals surface area contributed by atoms with Crippen LogP contribution in [0.5, 0.6) is 0 Å². The maximum atomic E-state index is 13.3. The van der Waals surface area contributed by atoms with Gasteiger partial charge in [0.05, 0.1) is 39.5 Å². The number of carbonyl (C=O) groups excluding carboxylic acids is 2. The average Bonchev–Trinajstić information content (AvgIpc) is 3.24. The average molecular weight is 627 g/mol. The van der Waals surface area contributed by atoms with E-state index >= 15 is 0 Å². The van der Waals surface area contributed by atoms with Crippen LogP contribution in [0.4, 0.5) is 32.0 Å². The molecular weight excluding hydrogens is 606 g/mol. The molecule has 0 saturated carbocycles. The molecule has 0 radical (unpaired) electrons. The first-order valence-electron chi connectivity index (χ1n) is 11.4. The molecule has 0 fully saturated rings. The van der Waals surface area contributed by atoms with Crippen LogP contribution in [-0.4, -0.2) is 58.0 Å². The number of amides is 2. The molecule has 222 valence electrons. The Hall–Kier alpha value is -3.73. The van der Waals surface area contributed by atoms with Gasteiger partial charge in [0.1, 0.15) is 27.9 Å². The van der Waals surface area contributed by atoms with Crippen molar-refractivity contribution in [2.45, 2.75) is 38.8 Å². The summed E-state index contributed by atoms with van der Waals surface area (Å²) in [4.78, 5) is 33.7. The van der Waals surface area contributed by atoms with E-state index in [0.717, 1.165) is 12.5 Å². The molecule has 2 aromatic heterocycles. The normalized spacial score (nSPS) is 13.1. The summed E-state index contributed by atoms with van der Waals surface area (Å²) in [7, 11) is -3.42. The number of alkyl halides is 6. The number of aryl methyl sites for hydroxylation is 1. The van der Waals surface area contributed by atoms with Gasteiger partial charge in [-0.25, -0.2) is 18.4 Å². The molecule has 41 heavy (non-hydrogen) atoms. The highest BCUT2D eigenvalue weighted by Gasteiger charge is 2.42. The number of hydrogen-bond acceptors (Lipinski definition) is 7. The van der Waals surface area contributed by atoms with Gasteiger partial charge in [-0.15, -0.1) is 0 Å². The third kappa shape index (κ3) is 8.16. The van der Waals surface area contributed by atoms with E-state index in [1.165, 1.54) is 32.0 Å². The number of anilines is 1. The topological polar surface area (TPSA) is 136 Å². The highest BCUT2D eigenvalue weighted by atomic mass is 35.5. The Morgan fingerprint density at radius 1 is 1.10 bits per heavy atom. The summed E-state index contributed by atoms with van der Waals surface area (Å²) < 4.78 is 102. The largest absolute Gasteiger partial charge is 0.435 e. The first-order chi connectivity index (χ1) is 18.8. The molecule has 0 aliphatic rings. The summed E-state index contributed by atoms with van der Waals surface area (Å²) in [6, 6.07) is 3.07. The zero-order valence-electron chi connectivity index (χ0n) is 21.4. The highest BCUT2D eigenvalue weighted by Crippen LogP contribution is 2.35. The predicted molar refractivity (Wildman–Crippen MR) is 134 cm³/mol. The Morgan fingerprint density at radius 2 is 1.76 bits per heavy atom. The molecule has 3 aromatic rings. The van der Waals surface area contributed by atoms with Crippen LogP contribution >= 0.6 is 11.6 Å². The van der Waals surface area contributed by atoms with Crippen molar-refractivity contribution in [1.82, 2.24) is 25.1 Å². The minimum atomic E-state index is -5.14. The second kappa shape index (κ2) is 11.6. The van der Waals surface area contributed by atoms with E-state index in [4.69, 9.17) is 11.6 Å². The van der Waals surface area contributed by atoms with E-state index in [1.54, 1.807) is 0 Å². The molecular formula is C23H21ClF6N6O4S. The number of sulfone groups is 1. The number of aromatic nitrogens is 4. The molecule has 0 unspecified atom stereocenters. The molecule has 2 amide bonds. The molecule has 1 aromatic carbocycles. The van der Waals surface area contributed by atoms with E-state index < -0.39 is 58.0 Å². The van der Waals surface area contributed by atoms with E-state index in [0.29, 0.717) is 0 Å². The summed E-state index contributed by atoms with van der Waals surface area (Å²) in [5, 5.41) is 7.78. The lowest BCUT2D eigenvalue weighted by Crippen LogP contribution is -2.38. The van der Waals surface area contributed by atoms with Crippen molar-refractivity contribution < 1.29 is 44.3 Å². The molecule has 3 rings (SSSR count). The molecule has 2 N–H and O–H groups in total. The molecule has 0 aliphatic carbocycles. The van der Waals surface area contributed by atoms with E-state index in [9.17, 15) is 44.3 Å². The van der Waals surface area contributed by atoms with Crippen molar-refractivity contribution in [1.29, 1.82) is 0 Å². The fourth-order valence-corrected chi connectivity index (χ4v) is 4.93. The Balaban J connectivity index is 1.84. The third-order valence-corrected chi connectivity index (χ3v) is 6.77. The Morgan fingerprint density at radius 3 is 2.32 bits per heavy atom. The number of rotatable bonds is 8. The van der Waals surface area contributed by atoms with Crippen molar-refractivity contribution in [3.05, 3.63) is 69.5 Å². The lowest BCUT2D eigenvalue weighted by atomic mass is 10.1. The minimum Gasteiger partial charge on any atom is -0.348 e. The third-order valence-electron chi connectivity index (χ3n) is 5.34. The number of nitrogens with one attached hydrogen (secondary N) is 2. The standard InChI is InChI=1S/C23H21ClF6N6O4S/c1-11(10-41(3,39)40)32-21(38)19-13(5-4-6-14(19)24)20(37)34-15-8-31-18(33-12(15)2)9-36-17(23(28,29)30)7-16(35-36)22(25,26)27/h4-8,11H,9-10H2,1-3H3,(H,32,38)(H,34,37)/t11-/m0/s1. The number of carbonyl (C=O) groups is 2. The number of benzene rings is 1. The highest BCUT2D eigenvalue weighted by molar-refractivity contribution is 7.90. The molecule has 0 spiro atoms. The van der Waals surface area contributed by atoms with Crippen LogP contribution in [0, 0.1) is 6.92 Å². The molecule has 2 heterocycles. The fourth-order valence-electron chi connectivity index (χ4n) is 3.68. The number of nitrogens with zero attached hydrogens (tertiary/aromatic N) is 4. The minimum absolute atomic E-state index is 0.0250. The molecule has 10 nitrogen and oxygen atoms in total. The monoisotopic (exact) mass is 626 g/mol. The summed E-state index contributed by atoms with van der Waals surface area (Å²) in [5.41, 5.74) is -3.83. The Labute approximate surface area is 234 Å². The van der Waals surface area contributed by atoms with Gasteiger partial charge in [0.25, 0.3) is 11.8 Å². The second-order valence-electron chi connectivity index (χ2n) is 8.94. The molecule has 0 bridgehead atoms. The second-order valence-corrected chi connectivity index (χ2v) is 11.5. The van der Waals surface area contributed by atoms with Crippen molar-refractivity contribution in [2.24, 2.45) is 0 Å². The predicted octanol–water partition coefficient (Wildman–Crippen LogP) is 4.14. The van der Waals surface area contributed by atoms with Crippen LogP contribution < -0.4 is 10.6 Å². The SMILES string of the molecule is Cc1nc(Cn2nc(C(F)(F)F)cc2C(F)(F)F)ncc1NC(=O)c1cccc(Cl)c1C(=O)N[C@@H](C)CS(C)(=O)=O. The summed E-state index contributed by atoms with van der Waals surface area (Å²) >= 11 is 6.15. The zero-order valence-corrected chi connectivity index (χ0v) is 22.9. The lowest BCUT2D eigenvalue weighted by Gasteiger charge is -2.16. The first kappa shape index (κ1) is 31.8. The Bertz CT molecular complexity index is 1590. The van der Waals surface area contributed by atoms with Crippen molar-refractivity contribution >= 4 is 38.9 Å². The summed E-state index contributed by atoms with van der Waals surface area (Å²) in [6.07, 6.45) is -8.24. The van der Waals surface area contributed by atoms with Gasteiger partial charge >= 0.3 is 12.4 Å².